The summed E-state index contributed by atoms with van der Waals surface area (Å²) < 4.78 is 11.8. The molecule has 1 heterocycles. The molecule has 0 radical (unpaired) electrons. The maximum Gasteiger partial charge on any atom is 0.408 e. The maximum atomic E-state index is 14.5. The van der Waals surface area contributed by atoms with Gasteiger partial charge in [0.15, 0.2) is 0 Å². The highest BCUT2D eigenvalue weighted by atomic mass is 16.6. The molecule has 3 fully saturated rings. The van der Waals surface area contributed by atoms with Gasteiger partial charge in [-0.05, 0) is 78.2 Å². The minimum absolute atomic E-state index is 0.0829. The molecule has 4 rings (SSSR count). The Hall–Kier alpha value is -4.53. The van der Waals surface area contributed by atoms with Crippen molar-refractivity contribution in [2.24, 2.45) is 17.6 Å². The Bertz CT molecular complexity index is 1530. The van der Waals surface area contributed by atoms with Crippen molar-refractivity contribution >= 4 is 41.4 Å². The molecule has 1 saturated heterocycles. The monoisotopic (exact) mass is 754 g/mol. The second-order valence-corrected chi connectivity index (χ2v) is 16.7. The van der Waals surface area contributed by atoms with Crippen LogP contribution in [-0.2, 0) is 38.2 Å². The lowest BCUT2D eigenvalue weighted by Crippen LogP contribution is -2.58. The van der Waals surface area contributed by atoms with E-state index in [1.165, 1.54) is 4.90 Å². The van der Waals surface area contributed by atoms with E-state index in [2.05, 4.69) is 21.3 Å². The molecule has 3 aliphatic rings. The first-order valence-electron chi connectivity index (χ1n) is 19.0. The van der Waals surface area contributed by atoms with Crippen LogP contribution in [0.4, 0.5) is 4.79 Å². The van der Waals surface area contributed by atoms with E-state index in [9.17, 15) is 33.6 Å². The third-order valence-electron chi connectivity index (χ3n) is 9.68. The summed E-state index contributed by atoms with van der Waals surface area (Å²) in [7, 11) is 0. The molecule has 6 amide bonds. The Kier molecular flexibility index (Phi) is 14.2. The van der Waals surface area contributed by atoms with E-state index in [1.807, 2.05) is 20.8 Å². The van der Waals surface area contributed by atoms with Crippen molar-refractivity contribution in [1.29, 1.82) is 0 Å². The lowest BCUT2D eigenvalue weighted by atomic mass is 9.83. The van der Waals surface area contributed by atoms with Gasteiger partial charge in [-0.2, -0.15) is 0 Å². The second kappa shape index (κ2) is 18.2. The molecule has 298 valence electrons. The fourth-order valence-electron chi connectivity index (χ4n) is 7.11. The Morgan fingerprint density at radius 1 is 0.852 bits per heavy atom. The highest BCUT2D eigenvalue weighted by Crippen LogP contribution is 2.34. The molecule has 54 heavy (non-hydrogen) atoms. The normalized spacial score (nSPS) is 20.9. The average Bonchev–Trinajstić information content (AvgIpc) is 3.82. The molecule has 1 aromatic carbocycles. The summed E-state index contributed by atoms with van der Waals surface area (Å²) in [6.45, 7) is 10.3. The molecule has 1 aromatic rings. The van der Waals surface area contributed by atoms with Crippen molar-refractivity contribution in [3.8, 4) is 0 Å². The molecule has 0 bridgehead atoms. The second-order valence-electron chi connectivity index (χ2n) is 16.7. The van der Waals surface area contributed by atoms with Gasteiger partial charge in [-0.3, -0.25) is 28.8 Å². The van der Waals surface area contributed by atoms with Gasteiger partial charge in [0.2, 0.25) is 29.4 Å². The molecule has 5 unspecified atom stereocenters. The van der Waals surface area contributed by atoms with Crippen LogP contribution in [-0.4, -0.2) is 94.8 Å². The van der Waals surface area contributed by atoms with Crippen molar-refractivity contribution < 1.29 is 43.0 Å². The number of likely N-dealkylation sites (tertiary alicyclic amines) is 1. The first kappa shape index (κ1) is 42.2. The number of hydrogen-bond donors (Lipinski definition) is 5. The van der Waals surface area contributed by atoms with E-state index in [4.69, 9.17) is 15.2 Å². The molecule has 2 saturated carbocycles. The molecule has 5 atom stereocenters. The summed E-state index contributed by atoms with van der Waals surface area (Å²) in [6, 6.07) is 3.98. The first-order valence-corrected chi connectivity index (χ1v) is 19.0. The number of carbonyl (C=O) groups is 7. The number of carbonyl (C=O) groups excluding carboxylic acids is 7. The minimum Gasteiger partial charge on any atom is -0.444 e. The average molecular weight is 755 g/mol. The first-order chi connectivity index (χ1) is 25.3. The van der Waals surface area contributed by atoms with E-state index in [-0.39, 0.29) is 31.2 Å². The van der Waals surface area contributed by atoms with Crippen molar-refractivity contribution in [2.75, 3.05) is 13.1 Å². The number of nitrogens with zero attached hydrogens (tertiary/aromatic N) is 1. The van der Waals surface area contributed by atoms with Gasteiger partial charge in [0.05, 0.1) is 24.3 Å². The largest absolute Gasteiger partial charge is 0.444 e. The summed E-state index contributed by atoms with van der Waals surface area (Å²) in [5.74, 6) is -4.69. The molecule has 15 heteroatoms. The lowest BCUT2D eigenvalue weighted by molar-refractivity contribution is -0.144. The molecule has 0 aromatic heterocycles. The summed E-state index contributed by atoms with van der Waals surface area (Å²) in [5.41, 5.74) is 4.56. The Morgan fingerprint density at radius 3 is 2.07 bits per heavy atom. The van der Waals surface area contributed by atoms with E-state index in [1.54, 1.807) is 51.1 Å². The zero-order valence-corrected chi connectivity index (χ0v) is 32.4. The van der Waals surface area contributed by atoms with Gasteiger partial charge in [-0.25, -0.2) is 4.79 Å². The Labute approximate surface area is 317 Å². The number of ether oxygens (including phenoxy) is 2. The summed E-state index contributed by atoms with van der Waals surface area (Å²) in [4.78, 5) is 94.4. The van der Waals surface area contributed by atoms with Crippen LogP contribution in [0, 0.1) is 11.8 Å². The number of ketones is 1. The zero-order valence-electron chi connectivity index (χ0n) is 32.4. The maximum absolute atomic E-state index is 14.5. The van der Waals surface area contributed by atoms with Crippen LogP contribution in [0.3, 0.4) is 0 Å². The van der Waals surface area contributed by atoms with Gasteiger partial charge in [0.25, 0.3) is 5.91 Å². The number of amides is 6. The van der Waals surface area contributed by atoms with E-state index >= 15 is 0 Å². The van der Waals surface area contributed by atoms with Crippen LogP contribution in [0.25, 0.3) is 0 Å². The summed E-state index contributed by atoms with van der Waals surface area (Å²) in [6.07, 6.45) is 5.02. The molecule has 1 aliphatic heterocycles. The van der Waals surface area contributed by atoms with Crippen molar-refractivity contribution in [1.82, 2.24) is 26.2 Å². The molecular formula is C39H58N6O9. The van der Waals surface area contributed by atoms with Gasteiger partial charge >= 0.3 is 6.09 Å². The fourth-order valence-corrected chi connectivity index (χ4v) is 7.11. The number of benzene rings is 1. The van der Waals surface area contributed by atoms with E-state index in [0.29, 0.717) is 5.56 Å². The number of Topliss-reactive ketones (excluding diaryl/α,β-unsaturated/α-hetero) is 1. The van der Waals surface area contributed by atoms with Gasteiger partial charge in [-0.15, -0.1) is 0 Å². The predicted molar refractivity (Wildman–Crippen MR) is 198 cm³/mol. The van der Waals surface area contributed by atoms with Crippen LogP contribution in [0.1, 0.15) is 111 Å². The Morgan fingerprint density at radius 2 is 1.50 bits per heavy atom. The highest BCUT2D eigenvalue weighted by Gasteiger charge is 2.46. The number of rotatable bonds is 15. The van der Waals surface area contributed by atoms with Crippen LogP contribution in [0.5, 0.6) is 0 Å². The number of hydrogen-bond acceptors (Lipinski definition) is 9. The van der Waals surface area contributed by atoms with Crippen molar-refractivity contribution in [3.05, 3.63) is 35.9 Å². The van der Waals surface area contributed by atoms with Crippen molar-refractivity contribution in [2.45, 2.75) is 141 Å². The van der Waals surface area contributed by atoms with Gasteiger partial charge in [0, 0.05) is 13.0 Å². The predicted octanol–water partition coefficient (Wildman–Crippen LogP) is 2.56. The molecule has 6 N–H and O–H groups in total. The smallest absolute Gasteiger partial charge is 0.408 e. The SMILES string of the molecule is CC(C)(C)OC(=O)NC(C(=O)N1CC(OC(C)(C)C)CC1C(=O)NC(CC1CC1)C(=O)C(=O)NCC(=O)NC(C(N)=O)c1ccccc1)C1CCCCC1. The van der Waals surface area contributed by atoms with Gasteiger partial charge < -0.3 is 41.4 Å². The number of nitrogens with two attached hydrogens (primary N) is 1. The van der Waals surface area contributed by atoms with E-state index in [0.717, 1.165) is 44.9 Å². The summed E-state index contributed by atoms with van der Waals surface area (Å²) in [5, 5.41) is 10.3. The minimum atomic E-state index is -1.22. The van der Waals surface area contributed by atoms with Gasteiger partial charge in [-0.1, -0.05) is 62.4 Å². The molecule has 2 aliphatic carbocycles. The standard InChI is InChI=1S/C39H58N6O9/c1-38(2,3)53-26-20-28(45(22-26)36(51)31(25-15-11-8-12-16-25)44-37(52)54-39(4,5)6)34(49)42-27(19-23-17-18-23)32(47)35(50)41-21-29(46)43-30(33(40)48)24-13-9-7-10-14-24/h7,9-10,13-14,23,25-28,30-31H,8,11-12,15-22H2,1-6H3,(H2,40,48)(H,41,50)(H,42,49)(H,43,46)(H,44,52). The number of primary amides is 1. The highest BCUT2D eigenvalue weighted by molar-refractivity contribution is 6.38. The lowest BCUT2D eigenvalue weighted by Gasteiger charge is -2.35. The van der Waals surface area contributed by atoms with Crippen LogP contribution < -0.4 is 27.0 Å². The fraction of sp³-hybridized carbons (Fsp3) is 0.667. The molecule has 0 spiro atoms. The third kappa shape index (κ3) is 12.8. The van der Waals surface area contributed by atoms with E-state index < -0.39 is 89.4 Å². The zero-order chi connectivity index (χ0) is 39.8. The molecular weight excluding hydrogens is 696 g/mol. The van der Waals surface area contributed by atoms with Crippen LogP contribution in [0.15, 0.2) is 30.3 Å². The third-order valence-corrected chi connectivity index (χ3v) is 9.68. The quantitative estimate of drug-likeness (QED) is 0.166. The topological polar surface area (TPSA) is 215 Å². The van der Waals surface area contributed by atoms with Gasteiger partial charge in [0.1, 0.15) is 23.7 Å². The number of alkyl carbamates (subject to hydrolysis) is 1. The summed E-state index contributed by atoms with van der Waals surface area (Å²) >= 11 is 0. The Balaban J connectivity index is 1.49. The van der Waals surface area contributed by atoms with Crippen molar-refractivity contribution in [3.63, 3.8) is 0 Å². The van der Waals surface area contributed by atoms with Crippen LogP contribution in [0.2, 0.25) is 0 Å². The number of nitrogens with one attached hydrogen (secondary N) is 4. The molecule has 15 nitrogen and oxygen atoms in total. The van der Waals surface area contributed by atoms with Crippen LogP contribution >= 0.6 is 0 Å².